The van der Waals surface area contributed by atoms with Crippen LogP contribution < -0.4 is 11.1 Å². The number of carbonyl (C=O) groups is 3. The highest BCUT2D eigenvalue weighted by atomic mass is 79.9. The minimum atomic E-state index is -4.70. The molecule has 0 saturated carbocycles. The molecule has 1 aromatic carbocycles. The van der Waals surface area contributed by atoms with E-state index in [4.69, 9.17) is 10.5 Å². The number of piperidine rings is 3. The van der Waals surface area contributed by atoms with E-state index in [0.29, 0.717) is 57.4 Å². The van der Waals surface area contributed by atoms with E-state index in [1.165, 1.54) is 22.3 Å². The number of thiophene rings is 1. The summed E-state index contributed by atoms with van der Waals surface area (Å²) in [5, 5.41) is 5.73. The Morgan fingerprint density at radius 1 is 1.02 bits per heavy atom. The number of ether oxygens (including phenoxy) is 1. The number of nitrogen functional groups attached to an aromatic ring is 1. The fourth-order valence-corrected chi connectivity index (χ4v) is 8.87. The average Bonchev–Trinajstić information content (AvgIpc) is 3.52. The SMILES string of the molecule is CN1CCC(C2CCN(C(=O)[C@@H](Cc3cc(Br)c(N)c(C(F)(F)F)c3)OC(=O)N3CCC(N4Cc5ccsc5NC4=O)CC3)CC2)CC1. The van der Waals surface area contributed by atoms with Gasteiger partial charge in [-0.15, -0.1) is 11.3 Å². The van der Waals surface area contributed by atoms with Crippen LogP contribution in [-0.4, -0.2) is 96.1 Å². The Hall–Kier alpha value is -3.04. The molecule has 2 aromatic rings. The Balaban J connectivity index is 1.13. The fourth-order valence-electron chi connectivity index (χ4n) is 7.56. The summed E-state index contributed by atoms with van der Waals surface area (Å²) in [7, 11) is 2.13. The number of hydrogen-bond acceptors (Lipinski definition) is 7. The van der Waals surface area contributed by atoms with E-state index < -0.39 is 35.5 Å². The number of urea groups is 1. The molecule has 3 fully saturated rings. The van der Waals surface area contributed by atoms with Crippen LogP contribution in [-0.2, 0) is 28.7 Å². The van der Waals surface area contributed by atoms with Crippen LogP contribution in [0.1, 0.15) is 55.2 Å². The van der Waals surface area contributed by atoms with Crippen LogP contribution in [0.25, 0.3) is 0 Å². The topological polar surface area (TPSA) is 111 Å². The van der Waals surface area contributed by atoms with Crippen molar-refractivity contribution >= 4 is 56.0 Å². The van der Waals surface area contributed by atoms with Crippen LogP contribution in [0.2, 0.25) is 0 Å². The predicted molar refractivity (Wildman–Crippen MR) is 181 cm³/mol. The second kappa shape index (κ2) is 14.4. The Morgan fingerprint density at radius 2 is 1.65 bits per heavy atom. The van der Waals surface area contributed by atoms with Crippen molar-refractivity contribution in [2.75, 3.05) is 57.4 Å². The molecule has 4 aliphatic rings. The van der Waals surface area contributed by atoms with Gasteiger partial charge in [0.2, 0.25) is 0 Å². The Morgan fingerprint density at radius 3 is 2.29 bits per heavy atom. The molecule has 4 aliphatic heterocycles. The first-order chi connectivity index (χ1) is 22.9. The van der Waals surface area contributed by atoms with Crippen molar-refractivity contribution in [3.8, 4) is 0 Å². The zero-order valence-electron chi connectivity index (χ0n) is 26.9. The monoisotopic (exact) mass is 754 g/mol. The zero-order chi connectivity index (χ0) is 34.2. The summed E-state index contributed by atoms with van der Waals surface area (Å²) in [5.74, 6) is 0.727. The summed E-state index contributed by atoms with van der Waals surface area (Å²) in [4.78, 5) is 47.6. The fraction of sp³-hybridized carbons (Fsp3) is 0.606. The molecule has 1 aromatic heterocycles. The summed E-state index contributed by atoms with van der Waals surface area (Å²) < 4.78 is 47.4. The maximum Gasteiger partial charge on any atom is 0.418 e. The van der Waals surface area contributed by atoms with E-state index in [9.17, 15) is 27.6 Å². The number of halogens is 4. The van der Waals surface area contributed by atoms with Gasteiger partial charge >= 0.3 is 18.3 Å². The Bertz CT molecular complexity index is 1500. The lowest BCUT2D eigenvalue weighted by Crippen LogP contribution is -2.52. The zero-order valence-corrected chi connectivity index (χ0v) is 29.3. The van der Waals surface area contributed by atoms with Gasteiger partial charge in [-0.3, -0.25) is 10.1 Å². The number of benzene rings is 1. The molecule has 262 valence electrons. The molecule has 0 radical (unpaired) electrons. The van der Waals surface area contributed by atoms with Crippen LogP contribution in [0.3, 0.4) is 0 Å². The van der Waals surface area contributed by atoms with Crippen LogP contribution in [0.5, 0.6) is 0 Å². The minimum Gasteiger partial charge on any atom is -0.436 e. The number of nitrogens with one attached hydrogen (secondary N) is 1. The predicted octanol–water partition coefficient (Wildman–Crippen LogP) is 6.25. The second-order valence-electron chi connectivity index (χ2n) is 13.5. The van der Waals surface area contributed by atoms with Gasteiger partial charge in [0, 0.05) is 48.7 Å². The Kier molecular flexibility index (Phi) is 10.5. The molecule has 3 N–H and O–H groups in total. The lowest BCUT2D eigenvalue weighted by atomic mass is 9.79. The molecule has 15 heteroatoms. The molecule has 10 nitrogen and oxygen atoms in total. The molecular formula is C33H42BrF3N6O4S. The highest BCUT2D eigenvalue weighted by Crippen LogP contribution is 2.39. The van der Waals surface area contributed by atoms with E-state index in [1.54, 1.807) is 9.80 Å². The molecular weight excluding hydrogens is 713 g/mol. The molecule has 3 saturated heterocycles. The van der Waals surface area contributed by atoms with Crippen LogP contribution >= 0.6 is 27.3 Å². The number of hydrogen-bond donors (Lipinski definition) is 2. The smallest absolute Gasteiger partial charge is 0.418 e. The van der Waals surface area contributed by atoms with Gasteiger partial charge in [-0.25, -0.2) is 9.59 Å². The molecule has 5 heterocycles. The summed E-state index contributed by atoms with van der Waals surface area (Å²) in [6.45, 7) is 4.29. The van der Waals surface area contributed by atoms with Gasteiger partial charge in [0.25, 0.3) is 5.91 Å². The van der Waals surface area contributed by atoms with Crippen molar-refractivity contribution in [1.29, 1.82) is 0 Å². The van der Waals surface area contributed by atoms with E-state index in [0.717, 1.165) is 55.4 Å². The molecule has 0 unspecified atom stereocenters. The number of likely N-dealkylation sites (tertiary alicyclic amines) is 3. The summed E-state index contributed by atoms with van der Waals surface area (Å²) >= 11 is 4.62. The van der Waals surface area contributed by atoms with Gasteiger partial charge < -0.3 is 30.1 Å². The molecule has 0 spiro atoms. The lowest BCUT2D eigenvalue weighted by Gasteiger charge is -2.41. The number of alkyl halides is 3. The summed E-state index contributed by atoms with van der Waals surface area (Å²) in [5.41, 5.74) is 5.51. The highest BCUT2D eigenvalue weighted by molar-refractivity contribution is 9.10. The van der Waals surface area contributed by atoms with Crippen LogP contribution in [0.4, 0.5) is 33.4 Å². The maximum atomic E-state index is 14.0. The first-order valence-electron chi connectivity index (χ1n) is 16.6. The Labute approximate surface area is 290 Å². The van der Waals surface area contributed by atoms with E-state index >= 15 is 0 Å². The van der Waals surface area contributed by atoms with E-state index in [1.807, 2.05) is 11.4 Å². The van der Waals surface area contributed by atoms with Crippen LogP contribution in [0, 0.1) is 11.8 Å². The van der Waals surface area contributed by atoms with Gasteiger partial charge in [-0.1, -0.05) is 0 Å². The van der Waals surface area contributed by atoms with Crippen molar-refractivity contribution in [3.63, 3.8) is 0 Å². The molecule has 0 bridgehead atoms. The lowest BCUT2D eigenvalue weighted by molar-refractivity contribution is -0.142. The van der Waals surface area contributed by atoms with Crippen molar-refractivity contribution in [1.82, 2.24) is 19.6 Å². The van der Waals surface area contributed by atoms with E-state index in [-0.39, 0.29) is 28.5 Å². The normalized spacial score (nSPS) is 21.2. The molecule has 4 amide bonds. The van der Waals surface area contributed by atoms with Crippen molar-refractivity contribution in [2.45, 2.75) is 69.8 Å². The minimum absolute atomic E-state index is 0.0576. The molecule has 48 heavy (non-hydrogen) atoms. The molecule has 0 aliphatic carbocycles. The number of nitrogens with zero attached hydrogens (tertiary/aromatic N) is 4. The molecule has 6 rings (SSSR count). The third-order valence-electron chi connectivity index (χ3n) is 10.4. The maximum absolute atomic E-state index is 14.0. The quantitative estimate of drug-likeness (QED) is 0.338. The van der Waals surface area contributed by atoms with Gasteiger partial charge in [0.15, 0.2) is 6.10 Å². The van der Waals surface area contributed by atoms with Gasteiger partial charge in [-0.2, -0.15) is 13.2 Å². The van der Waals surface area contributed by atoms with Crippen LogP contribution in [0.15, 0.2) is 28.1 Å². The van der Waals surface area contributed by atoms with Crippen molar-refractivity contribution < 1.29 is 32.3 Å². The van der Waals surface area contributed by atoms with Gasteiger partial charge in [0.1, 0.15) is 5.00 Å². The highest BCUT2D eigenvalue weighted by Gasteiger charge is 2.39. The van der Waals surface area contributed by atoms with Gasteiger partial charge in [0.05, 0.1) is 17.8 Å². The standard InChI is InChI=1S/C33H42BrF3N6O4S/c1-40-9-2-21(3-10-40)22-4-11-41(12-5-22)30(44)27(18-20-16-25(33(35,36)37)28(38)26(34)17-20)47-32(46)42-13-6-24(7-14-42)43-19-23-8-15-48-29(23)39-31(43)45/h8,15-17,21-22,24,27H,2-7,9-14,18-19,38H2,1H3,(H,39,45)/t27-/m1/s1. The number of carbonyl (C=O) groups excluding carboxylic acids is 3. The third-order valence-corrected chi connectivity index (χ3v) is 12.0. The number of rotatable bonds is 6. The largest absolute Gasteiger partial charge is 0.436 e. The van der Waals surface area contributed by atoms with E-state index in [2.05, 4.69) is 33.2 Å². The number of fused-ring (bicyclic) bond motifs is 1. The number of amides is 4. The average molecular weight is 756 g/mol. The second-order valence-corrected chi connectivity index (χ2v) is 15.2. The van der Waals surface area contributed by atoms with Gasteiger partial charge in [-0.05, 0) is 116 Å². The first-order valence-corrected chi connectivity index (χ1v) is 18.3. The third kappa shape index (κ3) is 7.72. The summed E-state index contributed by atoms with van der Waals surface area (Å²) in [6, 6.07) is 4.13. The van der Waals surface area contributed by atoms with Crippen molar-refractivity contribution in [3.05, 3.63) is 44.7 Å². The number of anilines is 2. The first kappa shape index (κ1) is 34.8. The summed E-state index contributed by atoms with van der Waals surface area (Å²) in [6.07, 6.45) is -1.90. The van der Waals surface area contributed by atoms with Crippen molar-refractivity contribution in [2.24, 2.45) is 11.8 Å². The number of nitrogens with two attached hydrogens (primary N) is 1. The molecule has 1 atom stereocenters.